The number of benzene rings is 1. The van der Waals surface area contributed by atoms with Gasteiger partial charge in [0.2, 0.25) is 0 Å². The lowest BCUT2D eigenvalue weighted by atomic mass is 10.4. The molecule has 1 aromatic rings. The number of nitrogens with one attached hydrogen (secondary N) is 1. The molecule has 1 rings (SSSR count). The van der Waals surface area contributed by atoms with Gasteiger partial charge >= 0.3 is 11.9 Å². The zero-order valence-corrected chi connectivity index (χ0v) is 13.3. The SMILES string of the molecule is CN[C@@H](C)CSc1ccc(Cl)cc1.O=C(O)C=CC(=O)O. The van der Waals surface area contributed by atoms with Crippen molar-refractivity contribution in [2.24, 2.45) is 0 Å². The zero-order valence-electron chi connectivity index (χ0n) is 11.7. The van der Waals surface area contributed by atoms with Crippen molar-refractivity contribution in [1.29, 1.82) is 0 Å². The Morgan fingerprint density at radius 2 is 1.71 bits per heavy atom. The molecule has 0 aliphatic heterocycles. The average Bonchev–Trinajstić information content (AvgIpc) is 2.45. The van der Waals surface area contributed by atoms with Gasteiger partial charge in [0, 0.05) is 33.9 Å². The summed E-state index contributed by atoms with van der Waals surface area (Å²) in [6.07, 6.45) is 1.12. The highest BCUT2D eigenvalue weighted by atomic mass is 35.5. The summed E-state index contributed by atoms with van der Waals surface area (Å²) in [7, 11) is 1.98. The highest BCUT2D eigenvalue weighted by molar-refractivity contribution is 7.99. The van der Waals surface area contributed by atoms with Crippen LogP contribution in [0.1, 0.15) is 6.92 Å². The van der Waals surface area contributed by atoms with Gasteiger partial charge in [0.05, 0.1) is 0 Å². The van der Waals surface area contributed by atoms with Crippen molar-refractivity contribution in [3.05, 3.63) is 41.4 Å². The van der Waals surface area contributed by atoms with Gasteiger partial charge in [-0.2, -0.15) is 0 Å². The molecule has 7 heteroatoms. The van der Waals surface area contributed by atoms with Crippen molar-refractivity contribution < 1.29 is 19.8 Å². The van der Waals surface area contributed by atoms with Gasteiger partial charge in [0.25, 0.3) is 0 Å². The number of thioether (sulfide) groups is 1. The molecule has 1 atom stereocenters. The number of halogens is 1. The lowest BCUT2D eigenvalue weighted by Crippen LogP contribution is -2.23. The highest BCUT2D eigenvalue weighted by Gasteiger charge is 1.99. The van der Waals surface area contributed by atoms with Gasteiger partial charge in [-0.15, -0.1) is 11.8 Å². The maximum Gasteiger partial charge on any atom is 0.328 e. The van der Waals surface area contributed by atoms with Crippen LogP contribution in [-0.4, -0.2) is 41.0 Å². The standard InChI is InChI=1S/C10H14ClNS.C4H4O4/c1-8(12-2)7-13-10-5-3-9(11)4-6-10;5-3(6)1-2-4(7)8/h3-6,8,12H,7H2,1-2H3;1-2H,(H,5,6)(H,7,8)/t8-;/m0./s1. The molecule has 0 unspecified atom stereocenters. The minimum absolute atomic E-state index is 0.542. The summed E-state index contributed by atoms with van der Waals surface area (Å²) >= 11 is 7.62. The fourth-order valence-corrected chi connectivity index (χ4v) is 2.04. The van der Waals surface area contributed by atoms with Crippen LogP contribution in [-0.2, 0) is 9.59 Å². The molecule has 0 fully saturated rings. The fraction of sp³-hybridized carbons (Fsp3) is 0.286. The summed E-state index contributed by atoms with van der Waals surface area (Å²) in [6.45, 7) is 2.17. The van der Waals surface area contributed by atoms with Crippen LogP contribution < -0.4 is 5.32 Å². The first-order chi connectivity index (χ1) is 9.85. The molecule has 0 spiro atoms. The summed E-state index contributed by atoms with van der Waals surface area (Å²) in [5.74, 6) is -1.43. The van der Waals surface area contributed by atoms with Crippen LogP contribution in [0.5, 0.6) is 0 Å². The molecule has 0 aliphatic rings. The van der Waals surface area contributed by atoms with Crippen molar-refractivity contribution in [2.75, 3.05) is 12.8 Å². The van der Waals surface area contributed by atoms with Gasteiger partial charge in [-0.05, 0) is 38.2 Å². The first-order valence-electron chi connectivity index (χ1n) is 6.04. The lowest BCUT2D eigenvalue weighted by Gasteiger charge is -2.08. The average molecular weight is 332 g/mol. The van der Waals surface area contributed by atoms with E-state index in [1.807, 2.05) is 30.9 Å². The molecule has 5 nitrogen and oxygen atoms in total. The Labute approximate surface area is 133 Å². The first kappa shape index (κ1) is 19.5. The molecular weight excluding hydrogens is 314 g/mol. The lowest BCUT2D eigenvalue weighted by molar-refractivity contribution is -0.134. The fourth-order valence-electron chi connectivity index (χ4n) is 0.978. The highest BCUT2D eigenvalue weighted by Crippen LogP contribution is 2.20. The Bertz CT molecular complexity index is 460. The molecule has 1 aromatic carbocycles. The molecule has 0 saturated heterocycles. The number of hydrogen-bond acceptors (Lipinski definition) is 4. The monoisotopic (exact) mass is 331 g/mol. The van der Waals surface area contributed by atoms with Crippen LogP contribution in [0.2, 0.25) is 5.02 Å². The van der Waals surface area contributed by atoms with Gasteiger partial charge in [-0.1, -0.05) is 11.6 Å². The summed E-state index contributed by atoms with van der Waals surface area (Å²) < 4.78 is 0. The van der Waals surface area contributed by atoms with E-state index >= 15 is 0 Å². The molecule has 0 aromatic heterocycles. The van der Waals surface area contributed by atoms with E-state index in [0.29, 0.717) is 18.2 Å². The Kier molecular flexibility index (Phi) is 10.4. The van der Waals surface area contributed by atoms with Crippen molar-refractivity contribution >= 4 is 35.3 Å². The first-order valence-corrected chi connectivity index (χ1v) is 7.41. The Balaban J connectivity index is 0.000000433. The molecule has 0 amide bonds. The largest absolute Gasteiger partial charge is 0.478 e. The second kappa shape index (κ2) is 11.2. The van der Waals surface area contributed by atoms with Crippen LogP contribution >= 0.6 is 23.4 Å². The number of rotatable bonds is 6. The van der Waals surface area contributed by atoms with Gasteiger partial charge in [-0.25, -0.2) is 9.59 Å². The molecule has 0 saturated carbocycles. The molecule has 0 heterocycles. The number of carboxylic acids is 2. The summed E-state index contributed by atoms with van der Waals surface area (Å²) in [5.41, 5.74) is 0. The van der Waals surface area contributed by atoms with Crippen molar-refractivity contribution in [2.45, 2.75) is 17.9 Å². The van der Waals surface area contributed by atoms with E-state index in [1.165, 1.54) is 4.90 Å². The molecule has 116 valence electrons. The Morgan fingerprint density at radius 3 is 2.10 bits per heavy atom. The van der Waals surface area contributed by atoms with Crippen LogP contribution in [0.4, 0.5) is 0 Å². The third kappa shape index (κ3) is 12.0. The minimum Gasteiger partial charge on any atom is -0.478 e. The van der Waals surface area contributed by atoms with Gasteiger partial charge in [-0.3, -0.25) is 0 Å². The quantitative estimate of drug-likeness (QED) is 0.549. The number of carboxylic acid groups (broad SMARTS) is 2. The molecule has 21 heavy (non-hydrogen) atoms. The van der Waals surface area contributed by atoms with E-state index in [0.717, 1.165) is 10.8 Å². The Morgan fingerprint density at radius 1 is 1.24 bits per heavy atom. The predicted molar refractivity (Wildman–Crippen MR) is 85.1 cm³/mol. The van der Waals surface area contributed by atoms with E-state index in [1.54, 1.807) is 0 Å². The zero-order chi connectivity index (χ0) is 16.3. The predicted octanol–water partition coefficient (Wildman–Crippen LogP) is 2.75. The molecule has 0 radical (unpaired) electrons. The second-order valence-electron chi connectivity index (χ2n) is 3.96. The number of aliphatic carboxylic acids is 2. The van der Waals surface area contributed by atoms with Gasteiger partial charge in [0.1, 0.15) is 0 Å². The summed E-state index contributed by atoms with van der Waals surface area (Å²) in [4.78, 5) is 20.4. The summed E-state index contributed by atoms with van der Waals surface area (Å²) in [6, 6.07) is 8.49. The van der Waals surface area contributed by atoms with Crippen molar-refractivity contribution in [3.8, 4) is 0 Å². The van der Waals surface area contributed by atoms with Gasteiger partial charge in [0.15, 0.2) is 0 Å². The minimum atomic E-state index is -1.26. The van der Waals surface area contributed by atoms with Crippen LogP contribution in [0.3, 0.4) is 0 Å². The van der Waals surface area contributed by atoms with Crippen LogP contribution in [0, 0.1) is 0 Å². The van der Waals surface area contributed by atoms with E-state index in [-0.39, 0.29) is 0 Å². The number of carbonyl (C=O) groups is 2. The van der Waals surface area contributed by atoms with E-state index < -0.39 is 11.9 Å². The smallest absolute Gasteiger partial charge is 0.328 e. The third-order valence-electron chi connectivity index (χ3n) is 2.17. The van der Waals surface area contributed by atoms with Crippen LogP contribution in [0.25, 0.3) is 0 Å². The van der Waals surface area contributed by atoms with E-state index in [4.69, 9.17) is 21.8 Å². The molecule has 0 aliphatic carbocycles. The Hall–Kier alpha value is -1.50. The molecular formula is C14H18ClNO4S. The molecule has 3 N–H and O–H groups in total. The molecule has 0 bridgehead atoms. The van der Waals surface area contributed by atoms with Crippen molar-refractivity contribution in [1.82, 2.24) is 5.32 Å². The normalized spacial score (nSPS) is 11.6. The van der Waals surface area contributed by atoms with Crippen LogP contribution in [0.15, 0.2) is 41.3 Å². The van der Waals surface area contributed by atoms with E-state index in [9.17, 15) is 9.59 Å². The third-order valence-corrected chi connectivity index (χ3v) is 3.70. The maximum absolute atomic E-state index is 9.55. The summed E-state index contributed by atoms with van der Waals surface area (Å²) in [5, 5.41) is 19.6. The topological polar surface area (TPSA) is 86.6 Å². The number of hydrogen-bond donors (Lipinski definition) is 3. The maximum atomic E-state index is 9.55. The van der Waals surface area contributed by atoms with Gasteiger partial charge < -0.3 is 15.5 Å². The van der Waals surface area contributed by atoms with Crippen molar-refractivity contribution in [3.63, 3.8) is 0 Å². The van der Waals surface area contributed by atoms with E-state index in [2.05, 4.69) is 24.4 Å². The second-order valence-corrected chi connectivity index (χ2v) is 5.49.